The molecule has 0 aliphatic heterocycles. The van der Waals surface area contributed by atoms with Crippen molar-refractivity contribution in [1.29, 1.82) is 0 Å². The topological polar surface area (TPSA) is 123 Å². The van der Waals surface area contributed by atoms with Crippen LogP contribution in [0.25, 0.3) is 0 Å². The number of rotatable bonds is 28. The van der Waals surface area contributed by atoms with Gasteiger partial charge in [-0.2, -0.15) is 0 Å². The van der Waals surface area contributed by atoms with Crippen LogP contribution in [-0.2, 0) is 23.1 Å². The minimum atomic E-state index is -4.36. The summed E-state index contributed by atoms with van der Waals surface area (Å²) < 4.78 is 30.0. The molecule has 10 heteroatoms. The summed E-state index contributed by atoms with van der Waals surface area (Å²) in [4.78, 5) is 21.2. The van der Waals surface area contributed by atoms with Gasteiger partial charge in [-0.15, -0.1) is 0 Å². The third kappa shape index (κ3) is 23.8. The van der Waals surface area contributed by atoms with Gasteiger partial charge in [0.1, 0.15) is 25.4 Å². The van der Waals surface area contributed by atoms with Gasteiger partial charge >= 0.3 is 13.8 Å². The van der Waals surface area contributed by atoms with Crippen molar-refractivity contribution in [3.05, 3.63) is 0 Å². The summed E-state index contributed by atoms with van der Waals surface area (Å²) in [5.74, 6) is -0.995. The quantitative estimate of drug-likeness (QED) is 0.0539. The fraction of sp³-hybridized carbons (Fsp3) is 0.966. The van der Waals surface area contributed by atoms with E-state index in [-0.39, 0.29) is 32.2 Å². The van der Waals surface area contributed by atoms with Crippen LogP contribution in [0, 0.1) is 5.92 Å². The molecule has 39 heavy (non-hydrogen) atoms. The van der Waals surface area contributed by atoms with Crippen LogP contribution in [-0.4, -0.2) is 85.3 Å². The van der Waals surface area contributed by atoms with E-state index in [9.17, 15) is 19.4 Å². The number of aliphatic hydroxyl groups is 1. The van der Waals surface area contributed by atoms with E-state index in [0.29, 0.717) is 23.9 Å². The maximum Gasteiger partial charge on any atom is 0.472 e. The number of carboxylic acid groups (broad SMARTS) is 1. The Kier molecular flexibility index (Phi) is 22.8. The Morgan fingerprint density at radius 1 is 0.846 bits per heavy atom. The number of ether oxygens (including phenoxy) is 1. The second-order valence-corrected chi connectivity index (χ2v) is 13.4. The smallest absolute Gasteiger partial charge is 0.472 e. The van der Waals surface area contributed by atoms with E-state index in [2.05, 4.69) is 6.92 Å². The normalized spacial score (nSPS) is 16.1. The van der Waals surface area contributed by atoms with Gasteiger partial charge in [0.05, 0.1) is 27.7 Å². The first-order chi connectivity index (χ1) is 18.4. The summed E-state index contributed by atoms with van der Waals surface area (Å²) in [6, 6.07) is 0. The zero-order valence-electron chi connectivity index (χ0n) is 25.7. The summed E-state index contributed by atoms with van der Waals surface area (Å²) >= 11 is 0. The molecule has 0 amide bonds. The van der Waals surface area contributed by atoms with E-state index < -0.39 is 26.0 Å². The highest BCUT2D eigenvalue weighted by Crippen LogP contribution is 2.47. The zero-order chi connectivity index (χ0) is 29.6. The number of aliphatic carboxylic acids is 1. The molecule has 0 radical (unpaired) electrons. The van der Waals surface area contributed by atoms with Gasteiger partial charge < -0.3 is 24.3 Å². The van der Waals surface area contributed by atoms with Crippen LogP contribution >= 0.6 is 7.82 Å². The molecule has 0 aliphatic rings. The Bertz CT molecular complexity index is 643. The molecule has 3 unspecified atom stereocenters. The molecule has 234 valence electrons. The number of nitrogens with zero attached hydrogens (tertiary/aromatic N) is 1. The van der Waals surface area contributed by atoms with Gasteiger partial charge in [-0.1, -0.05) is 90.9 Å². The van der Waals surface area contributed by atoms with Crippen molar-refractivity contribution >= 4 is 13.8 Å². The highest BCUT2D eigenvalue weighted by molar-refractivity contribution is 7.47. The fourth-order valence-corrected chi connectivity index (χ4v) is 5.51. The Hall–Kier alpha value is -0.540. The number of likely N-dealkylation sites (N-methyl/N-ethyl adjacent to an activating group) is 1. The van der Waals surface area contributed by atoms with Crippen molar-refractivity contribution in [2.45, 2.75) is 129 Å². The van der Waals surface area contributed by atoms with Gasteiger partial charge in [0.15, 0.2) is 0 Å². The Balaban J connectivity index is 4.70. The van der Waals surface area contributed by atoms with Gasteiger partial charge in [-0.05, 0) is 25.2 Å². The third-order valence-corrected chi connectivity index (χ3v) is 8.03. The molecular weight excluding hydrogens is 521 g/mol. The lowest BCUT2D eigenvalue weighted by Crippen LogP contribution is -2.40. The summed E-state index contributed by atoms with van der Waals surface area (Å²) in [5, 5.41) is 18.8. The first kappa shape index (κ1) is 38.5. The van der Waals surface area contributed by atoms with Crippen LogP contribution in [0.3, 0.4) is 0 Å². The number of carboxylic acids is 1. The number of quaternary nitrogens is 1. The standard InChI is InChI=1S/C29H60NO8P/c1-6-7-8-9-10-11-12-13-14-15-16-17-20-26(2)29(27(25-31)36-23-19-18-21-28(32)33)38-39(34,35)37-24-22-30(3,4)5/h26-27,29,31H,6-25H2,1-5H3,(H-,32,33,34,35)/p+1/t26?,27-,29?/m0/s1. The van der Waals surface area contributed by atoms with E-state index in [0.717, 1.165) is 19.3 Å². The van der Waals surface area contributed by atoms with Crippen LogP contribution < -0.4 is 0 Å². The van der Waals surface area contributed by atoms with E-state index in [1.165, 1.54) is 64.2 Å². The predicted molar refractivity (Wildman–Crippen MR) is 157 cm³/mol. The largest absolute Gasteiger partial charge is 0.481 e. The SMILES string of the molecule is CCCCCCCCCCCCCCC(C)C(OP(=O)(O)OCC[N+](C)(C)C)[C@H](CO)OCCCCC(=O)O. The lowest BCUT2D eigenvalue weighted by atomic mass is 9.93. The van der Waals surface area contributed by atoms with Gasteiger partial charge in [-0.3, -0.25) is 13.8 Å². The van der Waals surface area contributed by atoms with Gasteiger partial charge in [-0.25, -0.2) is 4.57 Å². The molecule has 9 nitrogen and oxygen atoms in total. The zero-order valence-corrected chi connectivity index (χ0v) is 26.5. The number of unbranched alkanes of at least 4 members (excludes halogenated alkanes) is 12. The fourth-order valence-electron chi connectivity index (χ4n) is 4.49. The molecule has 0 spiro atoms. The summed E-state index contributed by atoms with van der Waals surface area (Å²) in [5.41, 5.74) is 0. The number of hydrogen-bond acceptors (Lipinski definition) is 6. The number of aliphatic hydroxyl groups excluding tert-OH is 1. The molecule has 0 aromatic rings. The number of carbonyl (C=O) groups is 1. The van der Waals surface area contributed by atoms with Gasteiger partial charge in [0.25, 0.3) is 0 Å². The molecule has 0 aliphatic carbocycles. The van der Waals surface area contributed by atoms with Gasteiger partial charge in [0.2, 0.25) is 0 Å². The highest BCUT2D eigenvalue weighted by atomic mass is 31.2. The van der Waals surface area contributed by atoms with Crippen molar-refractivity contribution in [1.82, 2.24) is 0 Å². The molecule has 0 aromatic carbocycles. The van der Waals surface area contributed by atoms with Crippen molar-refractivity contribution in [2.75, 3.05) is 47.5 Å². The number of phosphoric ester groups is 1. The van der Waals surface area contributed by atoms with E-state index in [1.54, 1.807) is 0 Å². The summed E-state index contributed by atoms with van der Waals surface area (Å²) in [6.45, 7) is 4.67. The molecule has 3 N–H and O–H groups in total. The molecule has 0 fully saturated rings. The minimum Gasteiger partial charge on any atom is -0.481 e. The maximum atomic E-state index is 12.8. The van der Waals surface area contributed by atoms with Crippen molar-refractivity contribution in [2.24, 2.45) is 5.92 Å². The molecule has 0 saturated carbocycles. The second kappa shape index (κ2) is 23.1. The third-order valence-electron chi connectivity index (χ3n) is 7.01. The Morgan fingerprint density at radius 2 is 1.38 bits per heavy atom. The van der Waals surface area contributed by atoms with Crippen molar-refractivity contribution < 1.29 is 42.7 Å². The second-order valence-electron chi connectivity index (χ2n) is 12.0. The van der Waals surface area contributed by atoms with Crippen molar-refractivity contribution in [3.8, 4) is 0 Å². The van der Waals surface area contributed by atoms with E-state index in [1.807, 2.05) is 28.1 Å². The van der Waals surface area contributed by atoms with Crippen LogP contribution in [0.15, 0.2) is 0 Å². The van der Waals surface area contributed by atoms with Crippen LogP contribution in [0.1, 0.15) is 117 Å². The Labute approximate surface area is 238 Å². The predicted octanol–water partition coefficient (Wildman–Crippen LogP) is 6.55. The lowest BCUT2D eigenvalue weighted by molar-refractivity contribution is -0.870. The monoisotopic (exact) mass is 582 g/mol. The van der Waals surface area contributed by atoms with Crippen LogP contribution in [0.2, 0.25) is 0 Å². The molecule has 0 rings (SSSR count). The molecule has 0 heterocycles. The lowest BCUT2D eigenvalue weighted by Gasteiger charge is -2.32. The molecule has 4 atom stereocenters. The van der Waals surface area contributed by atoms with Crippen molar-refractivity contribution in [3.63, 3.8) is 0 Å². The average Bonchev–Trinajstić information content (AvgIpc) is 2.84. The number of phosphoric acid groups is 1. The Morgan fingerprint density at radius 3 is 1.87 bits per heavy atom. The van der Waals surface area contributed by atoms with E-state index >= 15 is 0 Å². The molecule has 0 bridgehead atoms. The molecular formula is C29H61NO8P+. The van der Waals surface area contributed by atoms with E-state index in [4.69, 9.17) is 18.9 Å². The summed E-state index contributed by atoms with van der Waals surface area (Å²) in [7, 11) is 1.53. The first-order valence-corrected chi connectivity index (χ1v) is 16.8. The summed E-state index contributed by atoms with van der Waals surface area (Å²) in [6.07, 6.45) is 15.2. The first-order valence-electron chi connectivity index (χ1n) is 15.3. The molecule has 0 aromatic heterocycles. The minimum absolute atomic E-state index is 0.0500. The van der Waals surface area contributed by atoms with Crippen LogP contribution in [0.5, 0.6) is 0 Å². The van der Waals surface area contributed by atoms with Gasteiger partial charge in [0, 0.05) is 13.0 Å². The number of hydrogen-bond donors (Lipinski definition) is 3. The highest BCUT2D eigenvalue weighted by Gasteiger charge is 2.36. The average molecular weight is 583 g/mol. The molecule has 0 saturated heterocycles. The maximum absolute atomic E-state index is 12.8. The van der Waals surface area contributed by atoms with Crippen LogP contribution in [0.4, 0.5) is 0 Å².